The molecule has 1 aliphatic rings. The molecule has 0 heterocycles. The van der Waals surface area contributed by atoms with Crippen molar-refractivity contribution in [2.24, 2.45) is 5.92 Å². The van der Waals surface area contributed by atoms with Crippen LogP contribution in [0, 0.1) is 5.92 Å². The molecule has 19 heavy (non-hydrogen) atoms. The first-order chi connectivity index (χ1) is 9.16. The van der Waals surface area contributed by atoms with Gasteiger partial charge in [-0.25, -0.2) is 0 Å². The first-order valence-corrected chi connectivity index (χ1v) is 6.82. The van der Waals surface area contributed by atoms with Crippen LogP contribution in [0.5, 0.6) is 0 Å². The summed E-state index contributed by atoms with van der Waals surface area (Å²) in [5.41, 5.74) is 0.864. The van der Waals surface area contributed by atoms with Gasteiger partial charge in [0.25, 0.3) is 0 Å². The summed E-state index contributed by atoms with van der Waals surface area (Å²) in [4.78, 5) is 23.1. The van der Waals surface area contributed by atoms with Gasteiger partial charge in [0, 0.05) is 17.5 Å². The Balaban J connectivity index is 1.70. The van der Waals surface area contributed by atoms with Crippen molar-refractivity contribution in [2.45, 2.75) is 25.8 Å². The molecular formula is C14H17ClN2O2. The monoisotopic (exact) mass is 280 g/mol. The molecule has 0 unspecified atom stereocenters. The van der Waals surface area contributed by atoms with Gasteiger partial charge in [0.05, 0.1) is 6.54 Å². The number of carbonyl (C=O) groups excluding carboxylic acids is 2. The first-order valence-electron chi connectivity index (χ1n) is 6.44. The third-order valence-electron chi connectivity index (χ3n) is 3.33. The van der Waals surface area contributed by atoms with Crippen molar-refractivity contribution in [3.05, 3.63) is 34.9 Å². The van der Waals surface area contributed by atoms with E-state index in [2.05, 4.69) is 10.6 Å². The topological polar surface area (TPSA) is 58.2 Å². The summed E-state index contributed by atoms with van der Waals surface area (Å²) >= 11 is 5.98. The predicted molar refractivity (Wildman–Crippen MR) is 73.6 cm³/mol. The van der Waals surface area contributed by atoms with Crippen LogP contribution in [0.2, 0.25) is 5.02 Å². The van der Waals surface area contributed by atoms with E-state index >= 15 is 0 Å². The van der Waals surface area contributed by atoms with Crippen molar-refractivity contribution in [1.29, 1.82) is 0 Å². The standard InChI is InChI=1S/C14H17ClN2O2/c15-12-7-2-1-4-11(12)8-16-13(18)9-17-14(19)10-5-3-6-10/h1-2,4,7,10H,3,5-6,8-9H2,(H,16,18)(H,17,19). The predicted octanol–water partition coefficient (Wildman–Crippen LogP) is 1.87. The summed E-state index contributed by atoms with van der Waals surface area (Å²) < 4.78 is 0. The molecule has 1 fully saturated rings. The zero-order chi connectivity index (χ0) is 13.7. The molecule has 4 nitrogen and oxygen atoms in total. The number of nitrogens with one attached hydrogen (secondary N) is 2. The summed E-state index contributed by atoms with van der Waals surface area (Å²) in [6.45, 7) is 0.400. The van der Waals surface area contributed by atoms with Gasteiger partial charge in [-0.05, 0) is 24.5 Å². The van der Waals surface area contributed by atoms with Crippen LogP contribution in [-0.4, -0.2) is 18.4 Å². The smallest absolute Gasteiger partial charge is 0.239 e. The van der Waals surface area contributed by atoms with Crippen molar-refractivity contribution in [2.75, 3.05) is 6.54 Å². The second-order valence-electron chi connectivity index (χ2n) is 4.71. The summed E-state index contributed by atoms with van der Waals surface area (Å²) in [5, 5.41) is 6.01. The Labute approximate surface area is 117 Å². The quantitative estimate of drug-likeness (QED) is 0.865. The highest BCUT2D eigenvalue weighted by Crippen LogP contribution is 2.25. The second kappa shape index (κ2) is 6.57. The number of amides is 2. The maximum atomic E-state index is 11.6. The van der Waals surface area contributed by atoms with Crippen molar-refractivity contribution in [3.8, 4) is 0 Å². The fourth-order valence-corrected chi connectivity index (χ4v) is 2.08. The van der Waals surface area contributed by atoms with Crippen molar-refractivity contribution >= 4 is 23.4 Å². The van der Waals surface area contributed by atoms with E-state index in [4.69, 9.17) is 11.6 Å². The highest BCUT2D eigenvalue weighted by Gasteiger charge is 2.25. The van der Waals surface area contributed by atoms with E-state index in [0.29, 0.717) is 11.6 Å². The molecule has 1 aromatic carbocycles. The molecular weight excluding hydrogens is 264 g/mol. The van der Waals surface area contributed by atoms with Gasteiger partial charge in [-0.2, -0.15) is 0 Å². The maximum absolute atomic E-state index is 11.6. The summed E-state index contributed by atoms with van der Waals surface area (Å²) in [6.07, 6.45) is 2.98. The van der Waals surface area contributed by atoms with Crippen molar-refractivity contribution in [1.82, 2.24) is 10.6 Å². The minimum atomic E-state index is -0.201. The van der Waals surface area contributed by atoms with Crippen LogP contribution in [0.1, 0.15) is 24.8 Å². The number of halogens is 1. The molecule has 0 aliphatic heterocycles. The normalized spacial score (nSPS) is 14.6. The molecule has 2 rings (SSSR count). The molecule has 0 spiro atoms. The molecule has 0 aromatic heterocycles. The Morgan fingerprint density at radius 2 is 1.95 bits per heavy atom. The Bertz CT molecular complexity index is 472. The van der Waals surface area contributed by atoms with Crippen molar-refractivity contribution < 1.29 is 9.59 Å². The van der Waals surface area contributed by atoms with E-state index in [-0.39, 0.29) is 24.3 Å². The van der Waals surface area contributed by atoms with Crippen LogP contribution in [0.4, 0.5) is 0 Å². The first kappa shape index (κ1) is 13.9. The molecule has 0 saturated heterocycles. The average Bonchev–Trinajstić information content (AvgIpc) is 2.33. The molecule has 1 aromatic rings. The Morgan fingerprint density at radius 3 is 2.58 bits per heavy atom. The zero-order valence-electron chi connectivity index (χ0n) is 10.6. The van der Waals surface area contributed by atoms with Gasteiger partial charge in [-0.3, -0.25) is 9.59 Å². The molecule has 2 amide bonds. The number of hydrogen-bond acceptors (Lipinski definition) is 2. The van der Waals surface area contributed by atoms with Gasteiger partial charge < -0.3 is 10.6 Å². The summed E-state index contributed by atoms with van der Waals surface area (Å²) in [5.74, 6) is -0.108. The van der Waals surface area contributed by atoms with Gasteiger partial charge in [0.1, 0.15) is 0 Å². The average molecular weight is 281 g/mol. The molecule has 0 atom stereocenters. The Kier molecular flexibility index (Phi) is 4.80. The van der Waals surface area contributed by atoms with E-state index in [0.717, 1.165) is 24.8 Å². The molecule has 102 valence electrons. The van der Waals surface area contributed by atoms with Gasteiger partial charge >= 0.3 is 0 Å². The van der Waals surface area contributed by atoms with E-state index < -0.39 is 0 Å². The molecule has 0 bridgehead atoms. The molecule has 1 aliphatic carbocycles. The lowest BCUT2D eigenvalue weighted by molar-refractivity contribution is -0.130. The van der Waals surface area contributed by atoms with Gasteiger partial charge in [0.15, 0.2) is 0 Å². The number of rotatable bonds is 5. The lowest BCUT2D eigenvalue weighted by Gasteiger charge is -2.23. The van der Waals surface area contributed by atoms with Crippen LogP contribution >= 0.6 is 11.6 Å². The van der Waals surface area contributed by atoms with Crippen molar-refractivity contribution in [3.63, 3.8) is 0 Å². The lowest BCUT2D eigenvalue weighted by Crippen LogP contribution is -2.41. The molecule has 2 N–H and O–H groups in total. The highest BCUT2D eigenvalue weighted by atomic mass is 35.5. The van der Waals surface area contributed by atoms with E-state index in [1.165, 1.54) is 0 Å². The fourth-order valence-electron chi connectivity index (χ4n) is 1.88. The SMILES string of the molecule is O=C(CNC(=O)C1CCC1)NCc1ccccc1Cl. The van der Waals surface area contributed by atoms with E-state index in [1.54, 1.807) is 6.07 Å². The summed E-state index contributed by atoms with van der Waals surface area (Å²) in [6, 6.07) is 7.34. The maximum Gasteiger partial charge on any atom is 0.239 e. The highest BCUT2D eigenvalue weighted by molar-refractivity contribution is 6.31. The number of benzene rings is 1. The number of hydrogen-bond donors (Lipinski definition) is 2. The Morgan fingerprint density at radius 1 is 1.21 bits per heavy atom. The largest absolute Gasteiger partial charge is 0.350 e. The molecule has 5 heteroatoms. The third kappa shape index (κ3) is 3.96. The third-order valence-corrected chi connectivity index (χ3v) is 3.70. The zero-order valence-corrected chi connectivity index (χ0v) is 11.4. The minimum absolute atomic E-state index is 0.0147. The second-order valence-corrected chi connectivity index (χ2v) is 5.12. The van der Waals surface area contributed by atoms with Gasteiger partial charge in [-0.1, -0.05) is 36.2 Å². The van der Waals surface area contributed by atoms with Gasteiger partial charge in [-0.15, -0.1) is 0 Å². The van der Waals surface area contributed by atoms with E-state index in [9.17, 15) is 9.59 Å². The van der Waals surface area contributed by atoms with Crippen LogP contribution < -0.4 is 10.6 Å². The Hall–Kier alpha value is -1.55. The number of carbonyl (C=O) groups is 2. The van der Waals surface area contributed by atoms with Crippen LogP contribution in [0.3, 0.4) is 0 Å². The van der Waals surface area contributed by atoms with Crippen LogP contribution in [-0.2, 0) is 16.1 Å². The summed E-state index contributed by atoms with van der Waals surface area (Å²) in [7, 11) is 0. The van der Waals surface area contributed by atoms with Gasteiger partial charge in [0.2, 0.25) is 11.8 Å². The van der Waals surface area contributed by atoms with Crippen LogP contribution in [0.25, 0.3) is 0 Å². The fraction of sp³-hybridized carbons (Fsp3) is 0.429. The minimum Gasteiger partial charge on any atom is -0.350 e. The molecule has 1 saturated carbocycles. The molecule has 0 radical (unpaired) electrons. The lowest BCUT2D eigenvalue weighted by atomic mass is 9.85. The van der Waals surface area contributed by atoms with E-state index in [1.807, 2.05) is 18.2 Å². The van der Waals surface area contributed by atoms with Crippen LogP contribution in [0.15, 0.2) is 24.3 Å².